The Labute approximate surface area is 327 Å². The standard InChI is InChI=1S/C50H45N5O/c1-5-15-32(16-6-1)36-29-42(50-53-48(33-17-7-2-8-18-33)52-49(54-50)34-19-9-3-10-20-34)45(51-31-36)35-25-26-39-41-28-27-40-38-23-13-14-24-43(38)55(37-21-11-4-12-22-37)46(40)47(41)56-44(39)30-35/h1-2,5-9,11,13-19,21-30,34,36,45,49-51,54H,3-4,10,12,20,31H2,(H,52,53). The molecule has 0 spiro atoms. The van der Waals surface area contributed by atoms with Crippen molar-refractivity contribution < 1.29 is 4.42 Å². The number of benzene rings is 5. The highest BCUT2D eigenvalue weighted by molar-refractivity contribution is 6.22. The zero-order valence-corrected chi connectivity index (χ0v) is 31.4. The van der Waals surface area contributed by atoms with Gasteiger partial charge in [0.05, 0.1) is 23.2 Å². The van der Waals surface area contributed by atoms with E-state index in [2.05, 4.69) is 172 Å². The first kappa shape index (κ1) is 33.4. The van der Waals surface area contributed by atoms with Crippen molar-refractivity contribution >= 4 is 55.3 Å². The summed E-state index contributed by atoms with van der Waals surface area (Å²) in [4.78, 5) is 5.46. The van der Waals surface area contributed by atoms with E-state index >= 15 is 0 Å². The molecule has 0 bridgehead atoms. The molecule has 7 aromatic rings. The largest absolute Gasteiger partial charge is 0.454 e. The molecule has 0 fully saturated rings. The van der Waals surface area contributed by atoms with Gasteiger partial charge in [-0.2, -0.15) is 0 Å². The van der Waals surface area contributed by atoms with Gasteiger partial charge in [0.15, 0.2) is 5.58 Å². The van der Waals surface area contributed by atoms with Crippen molar-refractivity contribution in [2.45, 2.75) is 56.4 Å². The van der Waals surface area contributed by atoms with Gasteiger partial charge in [-0.1, -0.05) is 127 Å². The second-order valence-electron chi connectivity index (χ2n) is 15.7. The number of fused-ring (bicyclic) bond motifs is 7. The van der Waals surface area contributed by atoms with E-state index in [1.165, 1.54) is 45.1 Å². The average molecular weight is 732 g/mol. The molecule has 0 radical (unpaired) electrons. The van der Waals surface area contributed by atoms with Crippen LogP contribution in [-0.2, 0) is 0 Å². The molecule has 6 nitrogen and oxygen atoms in total. The third-order valence-electron chi connectivity index (χ3n) is 12.3. The Morgan fingerprint density at radius 3 is 2.39 bits per heavy atom. The number of amidine groups is 1. The van der Waals surface area contributed by atoms with Crippen LogP contribution in [0.5, 0.6) is 0 Å². The van der Waals surface area contributed by atoms with E-state index in [1.54, 1.807) is 0 Å². The lowest BCUT2D eigenvalue weighted by Gasteiger charge is -2.40. The minimum absolute atomic E-state index is 0.0593. The fourth-order valence-electron chi connectivity index (χ4n) is 9.57. The van der Waals surface area contributed by atoms with Gasteiger partial charge < -0.3 is 19.6 Å². The van der Waals surface area contributed by atoms with Crippen LogP contribution in [0.15, 0.2) is 167 Å². The molecule has 276 valence electrons. The Kier molecular flexibility index (Phi) is 8.33. The molecule has 3 N–H and O–H groups in total. The molecule has 5 unspecified atom stereocenters. The SMILES string of the molecule is C1=CC(n2c3ccccc3c3ccc4c5ccc(C6NCC(c7ccccc7)C=C6C6N=C(c7ccccc7)NC(C7C=CCCC7)N6)cc5oc4c32)=CCC1. The number of hydrogen-bond acceptors (Lipinski definition) is 5. The predicted molar refractivity (Wildman–Crippen MR) is 231 cm³/mol. The second kappa shape index (κ2) is 14.0. The van der Waals surface area contributed by atoms with E-state index in [1.807, 2.05) is 0 Å². The highest BCUT2D eigenvalue weighted by Crippen LogP contribution is 2.42. The van der Waals surface area contributed by atoms with Gasteiger partial charge in [0.25, 0.3) is 0 Å². The van der Waals surface area contributed by atoms with Crippen LogP contribution in [0.4, 0.5) is 0 Å². The molecule has 56 heavy (non-hydrogen) atoms. The topological polar surface area (TPSA) is 66.5 Å². The summed E-state index contributed by atoms with van der Waals surface area (Å²) in [6, 6.07) is 41.5. The lowest BCUT2D eigenvalue weighted by molar-refractivity contribution is 0.310. The van der Waals surface area contributed by atoms with Crippen molar-refractivity contribution in [2.75, 3.05) is 6.54 Å². The van der Waals surface area contributed by atoms with Crippen LogP contribution in [-0.4, -0.2) is 29.3 Å². The van der Waals surface area contributed by atoms with Gasteiger partial charge >= 0.3 is 0 Å². The van der Waals surface area contributed by atoms with E-state index < -0.39 is 0 Å². The Hall–Kier alpha value is -5.95. The van der Waals surface area contributed by atoms with Gasteiger partial charge in [0.2, 0.25) is 0 Å². The van der Waals surface area contributed by atoms with Crippen molar-refractivity contribution in [3.63, 3.8) is 0 Å². The third kappa shape index (κ3) is 5.75. The number of nitrogens with one attached hydrogen (secondary N) is 3. The van der Waals surface area contributed by atoms with Crippen LogP contribution in [0.25, 0.3) is 49.4 Å². The first-order chi connectivity index (χ1) is 27.8. The second-order valence-corrected chi connectivity index (χ2v) is 15.7. The van der Waals surface area contributed by atoms with E-state index in [0.29, 0.717) is 5.92 Å². The molecule has 0 saturated carbocycles. The first-order valence-electron chi connectivity index (χ1n) is 20.3. The fraction of sp³-hybridized carbons (Fsp3) is 0.220. The van der Waals surface area contributed by atoms with Gasteiger partial charge in [-0.3, -0.25) is 5.32 Å². The zero-order chi connectivity index (χ0) is 37.0. The van der Waals surface area contributed by atoms with Gasteiger partial charge in [-0.05, 0) is 73.1 Å². The number of aliphatic imine (C=N–C) groups is 1. The van der Waals surface area contributed by atoms with E-state index in [4.69, 9.17) is 9.41 Å². The Bertz CT molecular complexity index is 2770. The summed E-state index contributed by atoms with van der Waals surface area (Å²) in [5, 5.41) is 16.5. The highest BCUT2D eigenvalue weighted by atomic mass is 16.3. The molecule has 11 rings (SSSR count). The van der Waals surface area contributed by atoms with Crippen molar-refractivity contribution in [1.29, 1.82) is 0 Å². The molecule has 2 aromatic heterocycles. The van der Waals surface area contributed by atoms with Crippen molar-refractivity contribution in [1.82, 2.24) is 20.5 Å². The summed E-state index contributed by atoms with van der Waals surface area (Å²) in [6.45, 7) is 0.828. The molecule has 4 aliphatic rings. The molecule has 5 atom stereocenters. The summed E-state index contributed by atoms with van der Waals surface area (Å²) in [7, 11) is 0. The maximum atomic E-state index is 7.02. The van der Waals surface area contributed by atoms with Gasteiger partial charge in [-0.25, -0.2) is 4.99 Å². The summed E-state index contributed by atoms with van der Waals surface area (Å²) in [5.74, 6) is 1.53. The Morgan fingerprint density at radius 2 is 1.55 bits per heavy atom. The summed E-state index contributed by atoms with van der Waals surface area (Å²) < 4.78 is 9.43. The predicted octanol–water partition coefficient (Wildman–Crippen LogP) is 10.9. The molecule has 2 aliphatic heterocycles. The minimum atomic E-state index is -0.227. The van der Waals surface area contributed by atoms with Crippen LogP contribution in [0.1, 0.15) is 60.8 Å². The maximum absolute atomic E-state index is 7.02. The van der Waals surface area contributed by atoms with Gasteiger partial charge in [-0.15, -0.1) is 0 Å². The van der Waals surface area contributed by atoms with E-state index in [9.17, 15) is 0 Å². The molecule has 4 heterocycles. The van der Waals surface area contributed by atoms with Crippen LogP contribution in [0.3, 0.4) is 0 Å². The quantitative estimate of drug-likeness (QED) is 0.149. The third-order valence-corrected chi connectivity index (χ3v) is 12.3. The fourth-order valence-corrected chi connectivity index (χ4v) is 9.57. The molecule has 5 aromatic carbocycles. The highest BCUT2D eigenvalue weighted by Gasteiger charge is 2.36. The van der Waals surface area contributed by atoms with Crippen LogP contribution >= 0.6 is 0 Å². The van der Waals surface area contributed by atoms with E-state index in [0.717, 1.165) is 71.1 Å². The number of nitrogens with zero attached hydrogens (tertiary/aromatic N) is 2. The molecule has 6 heteroatoms. The lowest BCUT2D eigenvalue weighted by atomic mass is 9.85. The summed E-state index contributed by atoms with van der Waals surface area (Å²) in [6.07, 6.45) is 19.5. The van der Waals surface area contributed by atoms with Crippen LogP contribution in [0, 0.1) is 5.92 Å². The molecular weight excluding hydrogens is 687 g/mol. The number of rotatable bonds is 6. The smallest absolute Gasteiger partial charge is 0.160 e. The van der Waals surface area contributed by atoms with Crippen molar-refractivity contribution in [3.8, 4) is 0 Å². The zero-order valence-electron chi connectivity index (χ0n) is 31.4. The number of para-hydroxylation sites is 1. The van der Waals surface area contributed by atoms with Gasteiger partial charge in [0.1, 0.15) is 17.6 Å². The molecular formula is C50H45N5O. The summed E-state index contributed by atoms with van der Waals surface area (Å²) >= 11 is 0. The molecule has 0 saturated heterocycles. The lowest BCUT2D eigenvalue weighted by Crippen LogP contribution is -2.59. The van der Waals surface area contributed by atoms with Gasteiger partial charge in [0, 0.05) is 51.2 Å². The van der Waals surface area contributed by atoms with Crippen molar-refractivity contribution in [3.05, 3.63) is 174 Å². The van der Waals surface area contributed by atoms with E-state index in [-0.39, 0.29) is 24.3 Å². The Balaban J connectivity index is 1.05. The molecule has 2 aliphatic carbocycles. The number of allylic oxidation sites excluding steroid dienone is 5. The number of aromatic nitrogens is 1. The number of furan rings is 1. The van der Waals surface area contributed by atoms with Crippen molar-refractivity contribution in [2.24, 2.45) is 10.9 Å². The first-order valence-corrected chi connectivity index (χ1v) is 20.3. The Morgan fingerprint density at radius 1 is 0.732 bits per heavy atom. The van der Waals surface area contributed by atoms with Crippen LogP contribution in [0.2, 0.25) is 0 Å². The molecule has 0 amide bonds. The maximum Gasteiger partial charge on any atom is 0.160 e. The average Bonchev–Trinajstić information content (AvgIpc) is 3.83. The summed E-state index contributed by atoms with van der Waals surface area (Å²) in [5.41, 5.74) is 10.2. The number of hydrogen-bond donors (Lipinski definition) is 3. The van der Waals surface area contributed by atoms with Crippen LogP contribution < -0.4 is 16.0 Å². The minimum Gasteiger partial charge on any atom is -0.454 e. The monoisotopic (exact) mass is 731 g/mol. The normalized spacial score (nSPS) is 24.0.